The van der Waals surface area contributed by atoms with E-state index in [1.165, 1.54) is 0 Å². The maximum atomic E-state index is 12.9. The number of nitrogens with zero attached hydrogens (tertiary/aromatic N) is 3. The highest BCUT2D eigenvalue weighted by atomic mass is 35.5. The molecule has 2 aromatic carbocycles. The van der Waals surface area contributed by atoms with E-state index in [9.17, 15) is 4.79 Å². The first-order valence-corrected chi connectivity index (χ1v) is 10.4. The monoisotopic (exact) mass is 438 g/mol. The molecule has 4 rings (SSSR count). The van der Waals surface area contributed by atoms with E-state index in [0.717, 1.165) is 34.3 Å². The van der Waals surface area contributed by atoms with Crippen molar-refractivity contribution in [3.05, 3.63) is 87.5 Å². The van der Waals surface area contributed by atoms with Gasteiger partial charge < -0.3 is 9.88 Å². The van der Waals surface area contributed by atoms with Crippen molar-refractivity contribution >= 4 is 45.7 Å². The Hall–Kier alpha value is -2.89. The third kappa shape index (κ3) is 3.78. The lowest BCUT2D eigenvalue weighted by Crippen LogP contribution is -2.14. The molecule has 0 spiro atoms. The highest BCUT2D eigenvalue weighted by molar-refractivity contribution is 6.40. The average Bonchev–Trinajstić information content (AvgIpc) is 3.13. The molecule has 0 fully saturated rings. The molecule has 5 nitrogen and oxygen atoms in total. The van der Waals surface area contributed by atoms with Crippen molar-refractivity contribution in [2.75, 3.05) is 5.32 Å². The van der Waals surface area contributed by atoms with E-state index in [-0.39, 0.29) is 11.5 Å². The number of hydrogen-bond donors (Lipinski definition) is 1. The van der Waals surface area contributed by atoms with Crippen LogP contribution in [-0.2, 0) is 13.0 Å². The zero-order valence-electron chi connectivity index (χ0n) is 16.6. The van der Waals surface area contributed by atoms with Crippen molar-refractivity contribution in [1.82, 2.24) is 14.5 Å². The molecule has 0 aliphatic heterocycles. The number of aromatic nitrogens is 3. The molecule has 0 unspecified atom stereocenters. The number of imidazole rings is 1. The second-order valence-electron chi connectivity index (χ2n) is 6.97. The molecule has 152 valence electrons. The first kappa shape index (κ1) is 20.4. The van der Waals surface area contributed by atoms with Gasteiger partial charge in [-0.1, -0.05) is 48.3 Å². The van der Waals surface area contributed by atoms with Crippen LogP contribution in [0.15, 0.2) is 55.0 Å². The Kier molecular flexibility index (Phi) is 5.75. The second kappa shape index (κ2) is 8.46. The Morgan fingerprint density at radius 1 is 1.10 bits per heavy atom. The molecule has 0 aliphatic rings. The van der Waals surface area contributed by atoms with Crippen LogP contribution in [-0.4, -0.2) is 20.4 Å². The van der Waals surface area contributed by atoms with Gasteiger partial charge in [-0.05, 0) is 42.7 Å². The molecular weight excluding hydrogens is 419 g/mol. The summed E-state index contributed by atoms with van der Waals surface area (Å²) in [6.45, 7) is 4.77. The summed E-state index contributed by atoms with van der Waals surface area (Å²) in [5.74, 6) is 0.575. The predicted octanol–water partition coefficient (Wildman–Crippen LogP) is 5.91. The smallest absolute Gasteiger partial charge is 0.258 e. The van der Waals surface area contributed by atoms with Crippen molar-refractivity contribution in [2.24, 2.45) is 0 Å². The van der Waals surface area contributed by atoms with E-state index in [0.29, 0.717) is 22.3 Å². The number of halogens is 2. The van der Waals surface area contributed by atoms with Gasteiger partial charge in [0.2, 0.25) is 0 Å². The summed E-state index contributed by atoms with van der Waals surface area (Å²) in [5.41, 5.74) is 3.90. The van der Waals surface area contributed by atoms with Gasteiger partial charge in [0, 0.05) is 30.5 Å². The van der Waals surface area contributed by atoms with Gasteiger partial charge in [0.1, 0.15) is 5.82 Å². The predicted molar refractivity (Wildman–Crippen MR) is 122 cm³/mol. The van der Waals surface area contributed by atoms with Crippen LogP contribution >= 0.6 is 23.2 Å². The quantitative estimate of drug-likeness (QED) is 0.421. The molecule has 1 N–H and O–H groups in total. The van der Waals surface area contributed by atoms with E-state index < -0.39 is 0 Å². The maximum Gasteiger partial charge on any atom is 0.258 e. The molecule has 0 saturated heterocycles. The van der Waals surface area contributed by atoms with Gasteiger partial charge in [-0.3, -0.25) is 9.78 Å². The minimum Gasteiger partial charge on any atom is -0.331 e. The van der Waals surface area contributed by atoms with Crippen LogP contribution in [0.5, 0.6) is 0 Å². The van der Waals surface area contributed by atoms with Crippen molar-refractivity contribution < 1.29 is 4.79 Å². The lowest BCUT2D eigenvalue weighted by atomic mass is 10.0. The summed E-state index contributed by atoms with van der Waals surface area (Å²) in [6.07, 6.45) is 6.50. The van der Waals surface area contributed by atoms with Gasteiger partial charge in [-0.2, -0.15) is 0 Å². The normalized spacial score (nSPS) is 11.1. The number of para-hydroxylation sites is 1. The van der Waals surface area contributed by atoms with Crippen LogP contribution in [0.1, 0.15) is 34.2 Å². The molecule has 0 aliphatic carbocycles. The molecular formula is C23H20Cl2N4O. The molecule has 7 heteroatoms. The Bertz CT molecular complexity index is 1230. The molecule has 0 atom stereocenters. The summed E-state index contributed by atoms with van der Waals surface area (Å²) in [6, 6.07) is 10.8. The number of amides is 1. The third-order valence-corrected chi connectivity index (χ3v) is 5.80. The van der Waals surface area contributed by atoms with Crippen molar-refractivity contribution in [3.63, 3.8) is 0 Å². The third-order valence-electron chi connectivity index (χ3n) is 5.17. The van der Waals surface area contributed by atoms with E-state index in [1.807, 2.05) is 37.5 Å². The summed E-state index contributed by atoms with van der Waals surface area (Å²) in [4.78, 5) is 21.9. The molecule has 30 heavy (non-hydrogen) atoms. The summed E-state index contributed by atoms with van der Waals surface area (Å²) < 4.78 is 2.10. The van der Waals surface area contributed by atoms with Crippen LogP contribution in [0.3, 0.4) is 0 Å². The van der Waals surface area contributed by atoms with E-state index in [2.05, 4.69) is 26.8 Å². The zero-order chi connectivity index (χ0) is 21.3. The molecule has 2 heterocycles. The Balaban J connectivity index is 1.78. The highest BCUT2D eigenvalue weighted by Crippen LogP contribution is 2.30. The van der Waals surface area contributed by atoms with Crippen molar-refractivity contribution in [2.45, 2.75) is 26.8 Å². The van der Waals surface area contributed by atoms with Crippen LogP contribution in [0, 0.1) is 6.92 Å². The number of benzene rings is 2. The first-order valence-electron chi connectivity index (χ1n) is 9.62. The van der Waals surface area contributed by atoms with Gasteiger partial charge >= 0.3 is 0 Å². The van der Waals surface area contributed by atoms with Gasteiger partial charge in [0.05, 0.1) is 26.8 Å². The van der Waals surface area contributed by atoms with Crippen LogP contribution in [0.2, 0.25) is 10.0 Å². The molecule has 2 aromatic heterocycles. The molecule has 1 amide bonds. The van der Waals surface area contributed by atoms with E-state index in [4.69, 9.17) is 23.2 Å². The SMILES string of the molecule is CCc1cnc2c(NC(=O)c3c(Cl)cccc3Cl)cccc2c1Cn1ccnc1C. The number of rotatable bonds is 5. The number of pyridine rings is 1. The van der Waals surface area contributed by atoms with Gasteiger partial charge in [-0.15, -0.1) is 0 Å². The topological polar surface area (TPSA) is 59.8 Å². The number of carbonyl (C=O) groups is 1. The number of anilines is 1. The summed E-state index contributed by atoms with van der Waals surface area (Å²) in [7, 11) is 0. The first-order chi connectivity index (χ1) is 14.5. The zero-order valence-corrected chi connectivity index (χ0v) is 18.1. The van der Waals surface area contributed by atoms with Gasteiger partial charge in [-0.25, -0.2) is 4.98 Å². The molecule has 0 bridgehead atoms. The highest BCUT2D eigenvalue weighted by Gasteiger charge is 2.17. The van der Waals surface area contributed by atoms with E-state index in [1.54, 1.807) is 24.4 Å². The number of hydrogen-bond acceptors (Lipinski definition) is 3. The Labute approximate surface area is 184 Å². The minimum atomic E-state index is -0.369. The van der Waals surface area contributed by atoms with E-state index >= 15 is 0 Å². The summed E-state index contributed by atoms with van der Waals surface area (Å²) in [5, 5.41) is 4.53. The van der Waals surface area contributed by atoms with Crippen LogP contribution < -0.4 is 5.32 Å². The Morgan fingerprint density at radius 3 is 2.50 bits per heavy atom. The van der Waals surface area contributed by atoms with Crippen LogP contribution in [0.4, 0.5) is 5.69 Å². The summed E-state index contributed by atoms with van der Waals surface area (Å²) >= 11 is 12.4. The van der Waals surface area contributed by atoms with Gasteiger partial charge in [0.25, 0.3) is 5.91 Å². The van der Waals surface area contributed by atoms with Crippen molar-refractivity contribution in [1.29, 1.82) is 0 Å². The number of aryl methyl sites for hydroxylation is 2. The number of nitrogens with one attached hydrogen (secondary N) is 1. The average molecular weight is 439 g/mol. The fraction of sp³-hybridized carbons (Fsp3) is 0.174. The standard InChI is InChI=1S/C23H20Cl2N4O/c1-3-15-12-27-22-16(17(15)13-29-11-10-26-14(29)2)6-4-9-20(22)28-23(30)21-18(24)7-5-8-19(21)25/h4-12H,3,13H2,1-2H3,(H,28,30). The lowest BCUT2D eigenvalue weighted by Gasteiger charge is -2.16. The lowest BCUT2D eigenvalue weighted by molar-refractivity contribution is 0.102. The molecule has 0 radical (unpaired) electrons. The fourth-order valence-corrected chi connectivity index (χ4v) is 4.12. The second-order valence-corrected chi connectivity index (χ2v) is 7.78. The maximum absolute atomic E-state index is 12.9. The number of carbonyl (C=O) groups excluding carboxylic acids is 1. The van der Waals surface area contributed by atoms with Crippen molar-refractivity contribution in [3.8, 4) is 0 Å². The molecule has 4 aromatic rings. The minimum absolute atomic E-state index is 0.247. The van der Waals surface area contributed by atoms with Gasteiger partial charge in [0.15, 0.2) is 0 Å². The van der Waals surface area contributed by atoms with Crippen LogP contribution in [0.25, 0.3) is 10.9 Å². The molecule has 0 saturated carbocycles. The Morgan fingerprint density at radius 2 is 1.83 bits per heavy atom. The largest absolute Gasteiger partial charge is 0.331 e. The number of fused-ring (bicyclic) bond motifs is 1. The fourth-order valence-electron chi connectivity index (χ4n) is 3.55.